The number of ether oxygens (including phenoxy) is 2. The second kappa shape index (κ2) is 6.51. The third kappa shape index (κ3) is 3.35. The summed E-state index contributed by atoms with van der Waals surface area (Å²) < 4.78 is 23.8. The first-order chi connectivity index (χ1) is 11.6. The summed E-state index contributed by atoms with van der Waals surface area (Å²) >= 11 is 0. The summed E-state index contributed by atoms with van der Waals surface area (Å²) in [5, 5.41) is 3.08. The van der Waals surface area contributed by atoms with Gasteiger partial charge in [-0.25, -0.2) is 4.39 Å². The molecule has 1 aliphatic rings. The summed E-state index contributed by atoms with van der Waals surface area (Å²) in [6.45, 7) is 0. The first-order valence-electron chi connectivity index (χ1n) is 7.84. The number of amides is 1. The molecule has 0 unspecified atom stereocenters. The third-order valence-corrected chi connectivity index (χ3v) is 4.32. The highest BCUT2D eigenvalue weighted by atomic mass is 19.1. The third-order valence-electron chi connectivity index (χ3n) is 4.32. The molecule has 5 heteroatoms. The zero-order chi connectivity index (χ0) is 17.2. The molecule has 0 saturated heterocycles. The molecule has 1 amide bonds. The van der Waals surface area contributed by atoms with Gasteiger partial charge in [-0.2, -0.15) is 0 Å². The smallest absolute Gasteiger partial charge is 0.225 e. The number of hydrogen-bond acceptors (Lipinski definition) is 3. The molecule has 24 heavy (non-hydrogen) atoms. The number of carbonyl (C=O) groups excluding carboxylic acids is 1. The first-order valence-corrected chi connectivity index (χ1v) is 7.84. The van der Waals surface area contributed by atoms with Gasteiger partial charge in [0.1, 0.15) is 5.82 Å². The summed E-state index contributed by atoms with van der Waals surface area (Å²) in [4.78, 5) is 12.3. The van der Waals surface area contributed by atoms with E-state index in [1.54, 1.807) is 26.4 Å². The minimum absolute atomic E-state index is 0.118. The number of hydrogen-bond donors (Lipinski definition) is 1. The standard InChI is InChI=1S/C19H20FNO3/c1-23-16-7-6-14(12-17(16)24-2)19(8-9-19)21-18(22)11-13-4-3-5-15(20)10-13/h3-7,10,12H,8-9,11H2,1-2H3,(H,21,22). The predicted octanol–water partition coefficient (Wildman–Crippen LogP) is 3.19. The van der Waals surface area contributed by atoms with Gasteiger partial charge in [0, 0.05) is 0 Å². The van der Waals surface area contributed by atoms with Crippen LogP contribution in [0.3, 0.4) is 0 Å². The van der Waals surface area contributed by atoms with E-state index in [9.17, 15) is 9.18 Å². The maximum absolute atomic E-state index is 13.2. The van der Waals surface area contributed by atoms with Crippen molar-refractivity contribution in [3.8, 4) is 11.5 Å². The number of methoxy groups -OCH3 is 2. The van der Waals surface area contributed by atoms with Gasteiger partial charge in [0.05, 0.1) is 26.2 Å². The minimum Gasteiger partial charge on any atom is -0.493 e. The highest BCUT2D eigenvalue weighted by Crippen LogP contribution is 2.47. The van der Waals surface area contributed by atoms with Crippen molar-refractivity contribution < 1.29 is 18.7 Å². The Bertz CT molecular complexity index is 756. The van der Waals surface area contributed by atoms with Crippen LogP contribution in [0.1, 0.15) is 24.0 Å². The molecule has 1 N–H and O–H groups in total. The van der Waals surface area contributed by atoms with Crippen LogP contribution in [-0.4, -0.2) is 20.1 Å². The molecule has 2 aromatic rings. The molecule has 0 spiro atoms. The summed E-state index contributed by atoms with van der Waals surface area (Å²) in [7, 11) is 3.18. The van der Waals surface area contributed by atoms with Gasteiger partial charge >= 0.3 is 0 Å². The maximum Gasteiger partial charge on any atom is 0.225 e. The summed E-state index contributed by atoms with van der Waals surface area (Å²) in [5.41, 5.74) is 1.30. The Morgan fingerprint density at radius 3 is 2.50 bits per heavy atom. The van der Waals surface area contributed by atoms with Crippen molar-refractivity contribution in [2.24, 2.45) is 0 Å². The Morgan fingerprint density at radius 1 is 1.12 bits per heavy atom. The van der Waals surface area contributed by atoms with E-state index in [0.717, 1.165) is 18.4 Å². The largest absolute Gasteiger partial charge is 0.493 e. The summed E-state index contributed by atoms with van der Waals surface area (Å²) in [5.74, 6) is 0.845. The van der Waals surface area contributed by atoms with Crippen molar-refractivity contribution in [2.75, 3.05) is 14.2 Å². The lowest BCUT2D eigenvalue weighted by atomic mass is 10.0. The fourth-order valence-corrected chi connectivity index (χ4v) is 2.89. The van der Waals surface area contributed by atoms with E-state index in [2.05, 4.69) is 5.32 Å². The molecular weight excluding hydrogens is 309 g/mol. The van der Waals surface area contributed by atoms with Crippen molar-refractivity contribution >= 4 is 5.91 Å². The van der Waals surface area contributed by atoms with E-state index < -0.39 is 0 Å². The van der Waals surface area contributed by atoms with Crippen LogP contribution in [0.2, 0.25) is 0 Å². The van der Waals surface area contributed by atoms with E-state index >= 15 is 0 Å². The Balaban J connectivity index is 1.73. The van der Waals surface area contributed by atoms with Crippen LogP contribution in [0.5, 0.6) is 11.5 Å². The molecule has 1 fully saturated rings. The molecule has 0 heterocycles. The number of nitrogens with one attached hydrogen (secondary N) is 1. The summed E-state index contributed by atoms with van der Waals surface area (Å²) in [6.07, 6.45) is 1.90. The zero-order valence-corrected chi connectivity index (χ0v) is 13.8. The van der Waals surface area contributed by atoms with Crippen molar-refractivity contribution in [3.63, 3.8) is 0 Å². The van der Waals surface area contributed by atoms with E-state index in [1.165, 1.54) is 12.1 Å². The monoisotopic (exact) mass is 329 g/mol. The SMILES string of the molecule is COc1ccc(C2(NC(=O)Cc3cccc(F)c3)CC2)cc1OC. The first kappa shape index (κ1) is 16.3. The molecule has 0 bridgehead atoms. The van der Waals surface area contributed by atoms with Gasteiger partial charge in [-0.05, 0) is 48.2 Å². The molecule has 0 atom stereocenters. The fraction of sp³-hybridized carbons (Fsp3) is 0.316. The number of benzene rings is 2. The molecule has 0 aliphatic heterocycles. The molecule has 0 radical (unpaired) electrons. The highest BCUT2D eigenvalue weighted by molar-refractivity contribution is 5.80. The van der Waals surface area contributed by atoms with Crippen molar-refractivity contribution in [3.05, 3.63) is 59.4 Å². The topological polar surface area (TPSA) is 47.6 Å². The molecular formula is C19H20FNO3. The van der Waals surface area contributed by atoms with Gasteiger partial charge in [0.2, 0.25) is 5.91 Å². The Morgan fingerprint density at radius 2 is 1.88 bits per heavy atom. The number of halogens is 1. The van der Waals surface area contributed by atoms with Gasteiger partial charge < -0.3 is 14.8 Å². The molecule has 1 aliphatic carbocycles. The van der Waals surface area contributed by atoms with Gasteiger partial charge in [-0.1, -0.05) is 18.2 Å². The van der Waals surface area contributed by atoms with Gasteiger partial charge in [-0.3, -0.25) is 4.79 Å². The van der Waals surface area contributed by atoms with Gasteiger partial charge in [0.25, 0.3) is 0 Å². The lowest BCUT2D eigenvalue weighted by Gasteiger charge is -2.19. The Kier molecular flexibility index (Phi) is 4.42. The fourth-order valence-electron chi connectivity index (χ4n) is 2.89. The number of carbonyl (C=O) groups is 1. The predicted molar refractivity (Wildman–Crippen MR) is 88.7 cm³/mol. The van der Waals surface area contributed by atoms with Crippen LogP contribution in [0.25, 0.3) is 0 Å². The number of rotatable bonds is 6. The van der Waals surface area contributed by atoms with Crippen LogP contribution in [0.15, 0.2) is 42.5 Å². The average Bonchev–Trinajstić information content (AvgIpc) is 3.34. The highest BCUT2D eigenvalue weighted by Gasteiger charge is 2.45. The van der Waals surface area contributed by atoms with E-state index in [1.807, 2.05) is 18.2 Å². The van der Waals surface area contributed by atoms with Crippen LogP contribution in [0.4, 0.5) is 4.39 Å². The van der Waals surface area contributed by atoms with E-state index in [4.69, 9.17) is 9.47 Å². The average molecular weight is 329 g/mol. The van der Waals surface area contributed by atoms with Crippen LogP contribution in [0, 0.1) is 5.82 Å². The van der Waals surface area contributed by atoms with Crippen molar-refractivity contribution in [1.29, 1.82) is 0 Å². The quantitative estimate of drug-likeness (QED) is 0.885. The normalized spacial score (nSPS) is 14.8. The second-order valence-electron chi connectivity index (χ2n) is 6.01. The Hall–Kier alpha value is -2.56. The van der Waals surface area contributed by atoms with E-state index in [-0.39, 0.29) is 23.7 Å². The van der Waals surface area contributed by atoms with Crippen LogP contribution in [-0.2, 0) is 16.8 Å². The van der Waals surface area contributed by atoms with Crippen LogP contribution >= 0.6 is 0 Å². The van der Waals surface area contributed by atoms with E-state index in [0.29, 0.717) is 17.1 Å². The minimum atomic E-state index is -0.357. The van der Waals surface area contributed by atoms with Crippen LogP contribution < -0.4 is 14.8 Å². The van der Waals surface area contributed by atoms with Crippen molar-refractivity contribution in [2.45, 2.75) is 24.8 Å². The molecule has 1 saturated carbocycles. The lowest BCUT2D eigenvalue weighted by Crippen LogP contribution is -2.35. The summed E-state index contributed by atoms with van der Waals surface area (Å²) in [6, 6.07) is 11.8. The van der Waals surface area contributed by atoms with Gasteiger partial charge in [0.15, 0.2) is 11.5 Å². The molecule has 2 aromatic carbocycles. The molecule has 0 aromatic heterocycles. The zero-order valence-electron chi connectivity index (χ0n) is 13.8. The molecule has 126 valence electrons. The van der Waals surface area contributed by atoms with Gasteiger partial charge in [-0.15, -0.1) is 0 Å². The van der Waals surface area contributed by atoms with Crippen molar-refractivity contribution in [1.82, 2.24) is 5.32 Å². The lowest BCUT2D eigenvalue weighted by molar-refractivity contribution is -0.121. The second-order valence-corrected chi connectivity index (χ2v) is 6.01. The molecule has 4 nitrogen and oxygen atoms in total. The maximum atomic E-state index is 13.2. The Labute approximate surface area is 140 Å². The molecule has 3 rings (SSSR count).